The van der Waals surface area contributed by atoms with Gasteiger partial charge in [-0.05, 0) is 42.8 Å². The molecule has 0 aromatic carbocycles. The van der Waals surface area contributed by atoms with Crippen LogP contribution >= 0.6 is 11.3 Å². The third-order valence-corrected chi connectivity index (χ3v) is 4.26. The van der Waals surface area contributed by atoms with Crippen molar-refractivity contribution in [2.24, 2.45) is 0 Å². The fourth-order valence-corrected chi connectivity index (χ4v) is 3.00. The molecule has 0 saturated carbocycles. The van der Waals surface area contributed by atoms with E-state index in [0.717, 1.165) is 5.56 Å². The highest BCUT2D eigenvalue weighted by atomic mass is 32.1. The molecule has 3 rings (SSSR count). The zero-order valence-electron chi connectivity index (χ0n) is 12.3. The largest absolute Gasteiger partial charge is 0.467 e. The van der Waals surface area contributed by atoms with Crippen LogP contribution in [-0.2, 0) is 6.54 Å². The SMILES string of the molecule is Cc1cc(NC(=O)c2ccco2)sc1C(=O)NCc1ccco1. The van der Waals surface area contributed by atoms with Crippen molar-refractivity contribution in [1.29, 1.82) is 0 Å². The van der Waals surface area contributed by atoms with E-state index in [2.05, 4.69) is 10.6 Å². The van der Waals surface area contributed by atoms with Crippen molar-refractivity contribution in [2.45, 2.75) is 13.5 Å². The average Bonchev–Trinajstić information content (AvgIpc) is 3.27. The minimum Gasteiger partial charge on any atom is -0.467 e. The number of nitrogens with one attached hydrogen (secondary N) is 2. The highest BCUT2D eigenvalue weighted by Crippen LogP contribution is 2.27. The second kappa shape index (κ2) is 6.53. The zero-order chi connectivity index (χ0) is 16.2. The minimum atomic E-state index is -0.348. The number of carbonyl (C=O) groups excluding carboxylic acids is 2. The molecule has 0 fully saturated rings. The van der Waals surface area contributed by atoms with Crippen molar-refractivity contribution in [3.63, 3.8) is 0 Å². The third-order valence-electron chi connectivity index (χ3n) is 3.11. The lowest BCUT2D eigenvalue weighted by Crippen LogP contribution is -2.22. The second-order valence-electron chi connectivity index (χ2n) is 4.82. The molecule has 3 heterocycles. The van der Waals surface area contributed by atoms with Gasteiger partial charge in [-0.1, -0.05) is 0 Å². The van der Waals surface area contributed by atoms with Crippen LogP contribution in [0.5, 0.6) is 0 Å². The lowest BCUT2D eigenvalue weighted by molar-refractivity contribution is 0.0950. The first-order valence-corrected chi connectivity index (χ1v) is 7.71. The van der Waals surface area contributed by atoms with E-state index in [1.54, 1.807) is 36.6 Å². The van der Waals surface area contributed by atoms with Gasteiger partial charge in [0.25, 0.3) is 11.8 Å². The van der Waals surface area contributed by atoms with Gasteiger partial charge in [-0.3, -0.25) is 9.59 Å². The quantitative estimate of drug-likeness (QED) is 0.750. The number of hydrogen-bond acceptors (Lipinski definition) is 5. The standard InChI is InChI=1S/C16H14N2O4S/c1-10-8-13(18-15(19)12-5-3-7-22-12)23-14(10)16(20)17-9-11-4-2-6-21-11/h2-8H,9H2,1H3,(H,17,20)(H,18,19). The van der Waals surface area contributed by atoms with E-state index in [-0.39, 0.29) is 17.6 Å². The van der Waals surface area contributed by atoms with Gasteiger partial charge in [0, 0.05) is 0 Å². The van der Waals surface area contributed by atoms with E-state index in [1.807, 2.05) is 6.92 Å². The van der Waals surface area contributed by atoms with Gasteiger partial charge < -0.3 is 19.5 Å². The Balaban J connectivity index is 1.65. The van der Waals surface area contributed by atoms with Gasteiger partial charge in [0.2, 0.25) is 0 Å². The monoisotopic (exact) mass is 330 g/mol. The summed E-state index contributed by atoms with van der Waals surface area (Å²) in [6.45, 7) is 2.14. The summed E-state index contributed by atoms with van der Waals surface area (Å²) in [7, 11) is 0. The van der Waals surface area contributed by atoms with Crippen LogP contribution in [0.2, 0.25) is 0 Å². The number of aryl methyl sites for hydroxylation is 1. The van der Waals surface area contributed by atoms with Crippen molar-refractivity contribution in [3.8, 4) is 0 Å². The topological polar surface area (TPSA) is 84.5 Å². The maximum absolute atomic E-state index is 12.2. The van der Waals surface area contributed by atoms with Gasteiger partial charge in [0.15, 0.2) is 5.76 Å². The summed E-state index contributed by atoms with van der Waals surface area (Å²) in [6.07, 6.45) is 2.99. The molecule has 23 heavy (non-hydrogen) atoms. The summed E-state index contributed by atoms with van der Waals surface area (Å²) in [6, 6.07) is 8.53. The summed E-state index contributed by atoms with van der Waals surface area (Å²) in [5, 5.41) is 6.09. The van der Waals surface area contributed by atoms with E-state index < -0.39 is 0 Å². The molecule has 0 aliphatic heterocycles. The molecule has 0 saturated heterocycles. The molecule has 0 aliphatic carbocycles. The van der Waals surface area contributed by atoms with Crippen LogP contribution in [0, 0.1) is 6.92 Å². The Bertz CT molecular complexity index is 803. The molecule has 0 aliphatic rings. The Morgan fingerprint density at radius 1 is 1.13 bits per heavy atom. The number of thiophene rings is 1. The minimum absolute atomic E-state index is 0.206. The number of amides is 2. The van der Waals surface area contributed by atoms with Crippen LogP contribution < -0.4 is 10.6 Å². The maximum atomic E-state index is 12.2. The summed E-state index contributed by atoms with van der Waals surface area (Å²) in [5.41, 5.74) is 0.793. The van der Waals surface area contributed by atoms with Crippen LogP contribution in [0.3, 0.4) is 0 Å². The van der Waals surface area contributed by atoms with Crippen LogP contribution in [0.25, 0.3) is 0 Å². The zero-order valence-corrected chi connectivity index (χ0v) is 13.1. The molecule has 2 N–H and O–H groups in total. The highest BCUT2D eigenvalue weighted by Gasteiger charge is 2.16. The van der Waals surface area contributed by atoms with E-state index in [4.69, 9.17) is 8.83 Å². The Morgan fingerprint density at radius 3 is 2.61 bits per heavy atom. The van der Waals surface area contributed by atoms with E-state index in [9.17, 15) is 9.59 Å². The number of rotatable bonds is 5. The predicted octanol–water partition coefficient (Wildman–Crippen LogP) is 3.42. The third kappa shape index (κ3) is 3.51. The van der Waals surface area contributed by atoms with E-state index in [1.165, 1.54) is 17.6 Å². The molecule has 118 valence electrons. The van der Waals surface area contributed by atoms with Gasteiger partial charge in [0.1, 0.15) is 5.76 Å². The first-order chi connectivity index (χ1) is 11.1. The molecular formula is C16H14N2O4S. The predicted molar refractivity (Wildman–Crippen MR) is 85.6 cm³/mol. The first kappa shape index (κ1) is 15.1. The summed E-state index contributed by atoms with van der Waals surface area (Å²) < 4.78 is 10.2. The number of hydrogen-bond donors (Lipinski definition) is 2. The van der Waals surface area contributed by atoms with Crippen LogP contribution in [0.4, 0.5) is 5.00 Å². The molecule has 3 aromatic rings. The number of furan rings is 2. The molecule has 0 spiro atoms. The van der Waals surface area contributed by atoms with Gasteiger partial charge in [-0.2, -0.15) is 0 Å². The lowest BCUT2D eigenvalue weighted by atomic mass is 10.2. The Morgan fingerprint density at radius 2 is 1.91 bits per heavy atom. The van der Waals surface area contributed by atoms with Gasteiger partial charge >= 0.3 is 0 Å². The fourth-order valence-electron chi connectivity index (χ4n) is 2.01. The van der Waals surface area contributed by atoms with Gasteiger partial charge in [0.05, 0.1) is 28.9 Å². The molecule has 7 heteroatoms. The van der Waals surface area contributed by atoms with Crippen LogP contribution in [-0.4, -0.2) is 11.8 Å². The molecule has 0 unspecified atom stereocenters. The van der Waals surface area contributed by atoms with E-state index in [0.29, 0.717) is 22.2 Å². The normalized spacial score (nSPS) is 10.5. The smallest absolute Gasteiger partial charge is 0.291 e. The Kier molecular flexibility index (Phi) is 4.29. The number of anilines is 1. The van der Waals surface area contributed by atoms with Crippen LogP contribution in [0.15, 0.2) is 51.7 Å². The Hall–Kier alpha value is -2.80. The van der Waals surface area contributed by atoms with Crippen molar-refractivity contribution in [1.82, 2.24) is 5.32 Å². The first-order valence-electron chi connectivity index (χ1n) is 6.89. The molecule has 0 radical (unpaired) electrons. The molecular weight excluding hydrogens is 316 g/mol. The summed E-state index contributed by atoms with van der Waals surface area (Å²) >= 11 is 1.21. The molecule has 6 nitrogen and oxygen atoms in total. The highest BCUT2D eigenvalue weighted by molar-refractivity contribution is 7.18. The van der Waals surface area contributed by atoms with E-state index >= 15 is 0 Å². The second-order valence-corrected chi connectivity index (χ2v) is 5.87. The average molecular weight is 330 g/mol. The van der Waals surface area contributed by atoms with Crippen molar-refractivity contribution < 1.29 is 18.4 Å². The molecule has 3 aromatic heterocycles. The van der Waals surface area contributed by atoms with Crippen LogP contribution in [0.1, 0.15) is 31.6 Å². The molecule has 2 amide bonds. The lowest BCUT2D eigenvalue weighted by Gasteiger charge is -2.02. The van der Waals surface area contributed by atoms with Gasteiger partial charge in [-0.15, -0.1) is 11.3 Å². The Labute approximate surface area is 136 Å². The maximum Gasteiger partial charge on any atom is 0.291 e. The summed E-state index contributed by atoms with van der Waals surface area (Å²) in [5.74, 6) is 0.347. The van der Waals surface area contributed by atoms with Crippen molar-refractivity contribution >= 4 is 28.2 Å². The van der Waals surface area contributed by atoms with Crippen molar-refractivity contribution in [2.75, 3.05) is 5.32 Å². The number of carbonyl (C=O) groups is 2. The molecule has 0 atom stereocenters. The van der Waals surface area contributed by atoms with Crippen molar-refractivity contribution in [3.05, 3.63) is 64.8 Å². The molecule has 0 bridgehead atoms. The summed E-state index contributed by atoms with van der Waals surface area (Å²) in [4.78, 5) is 24.7. The fraction of sp³-hybridized carbons (Fsp3) is 0.125. The van der Waals surface area contributed by atoms with Gasteiger partial charge in [-0.25, -0.2) is 0 Å².